The van der Waals surface area contributed by atoms with Crippen molar-refractivity contribution in [3.05, 3.63) is 132 Å². The second kappa shape index (κ2) is 22.4. The minimum absolute atomic E-state index is 0.0260. The van der Waals surface area contributed by atoms with Gasteiger partial charge < -0.3 is 35.1 Å². The van der Waals surface area contributed by atoms with Crippen LogP contribution in [-0.2, 0) is 30.0 Å². The highest BCUT2D eigenvalue weighted by molar-refractivity contribution is 6.32. The van der Waals surface area contributed by atoms with E-state index in [2.05, 4.69) is 20.6 Å². The molecule has 3 atom stereocenters. The Labute approximate surface area is 410 Å². The number of halogens is 4. The van der Waals surface area contributed by atoms with Crippen LogP contribution in [0.3, 0.4) is 0 Å². The molecule has 2 amide bonds. The lowest BCUT2D eigenvalue weighted by Gasteiger charge is -2.21. The number of aromatic carboxylic acids is 2. The van der Waals surface area contributed by atoms with Crippen LogP contribution in [0.25, 0.3) is 0 Å². The maximum atomic E-state index is 12.8. The van der Waals surface area contributed by atoms with E-state index in [1.54, 1.807) is 45.0 Å². The van der Waals surface area contributed by atoms with Crippen LogP contribution in [0.1, 0.15) is 114 Å². The number of amidine groups is 2. The fourth-order valence-corrected chi connectivity index (χ4v) is 6.75. The average molecular weight is 1010 g/mol. The number of nitro benzene ring substituents is 1. The van der Waals surface area contributed by atoms with Crippen LogP contribution in [0.5, 0.6) is 11.5 Å². The molecule has 0 fully saturated rings. The predicted molar refractivity (Wildman–Crippen MR) is 253 cm³/mol. The van der Waals surface area contributed by atoms with E-state index in [0.717, 1.165) is 41.5 Å². The number of carbonyl (C=O) groups excluding carboxylic acids is 4. The summed E-state index contributed by atoms with van der Waals surface area (Å²) in [4.78, 5) is 90.1. The third-order valence-corrected chi connectivity index (χ3v) is 11.7. The van der Waals surface area contributed by atoms with Gasteiger partial charge in [-0.05, 0) is 95.8 Å². The number of ether oxygens (including phenoxy) is 3. The van der Waals surface area contributed by atoms with Crippen molar-refractivity contribution in [3.8, 4) is 11.5 Å². The highest BCUT2D eigenvalue weighted by Crippen LogP contribution is 2.38. The zero-order valence-corrected chi connectivity index (χ0v) is 40.9. The molecule has 0 radical (unpaired) electrons. The lowest BCUT2D eigenvalue weighted by atomic mass is 9.89. The van der Waals surface area contributed by atoms with Crippen molar-refractivity contribution in [2.75, 3.05) is 6.61 Å². The Morgan fingerprint density at radius 2 is 1.30 bits per heavy atom. The maximum absolute atomic E-state index is 12.8. The Morgan fingerprint density at radius 1 is 0.761 bits per heavy atom. The fraction of sp³-hybridized carbons (Fsp3) is 0.347. The summed E-state index contributed by atoms with van der Waals surface area (Å²) in [6, 6.07) is 15.4. The number of carbonyl (C=O) groups is 6. The standard InChI is InChI=1S/C19H15ClF3NO7.2C15H18N2O3/c1-3-29-17(25)10(2)30-18(26)13-9-12(5-6-15(13)24(27)28)31-16-7-4-11(8-14(16)20)19(21,22)23;1-8(2)15(4)14(20)16-12(17-15)11-7-9(3)5-6-10(11)13(18)19;1-8(2)15(4)14(20)16-12(17-15)10-6-5-9(3)7-11(10)13(18)19/h4-10H,3H2,1-2H3;2*5-8H,1-4H3,(H,18,19)(H,16,17,20). The summed E-state index contributed by atoms with van der Waals surface area (Å²) in [6.45, 7) is 17.7. The fourth-order valence-electron chi connectivity index (χ4n) is 6.53. The second-order valence-electron chi connectivity index (χ2n) is 17.1. The molecular formula is C49H51ClF3N5O13. The number of alkyl halides is 3. The highest BCUT2D eigenvalue weighted by atomic mass is 35.5. The lowest BCUT2D eigenvalue weighted by Crippen LogP contribution is -2.41. The molecule has 0 aliphatic carbocycles. The maximum Gasteiger partial charge on any atom is 0.416 e. The molecule has 4 aromatic carbocycles. The zero-order chi connectivity index (χ0) is 53.5. The number of carboxylic acids is 2. The number of hydrogen-bond donors (Lipinski definition) is 4. The molecule has 22 heteroatoms. The molecule has 4 aromatic rings. The molecule has 18 nitrogen and oxygen atoms in total. The van der Waals surface area contributed by atoms with E-state index in [0.29, 0.717) is 28.9 Å². The number of nitrogens with zero attached hydrogens (tertiary/aromatic N) is 3. The first-order valence-electron chi connectivity index (χ1n) is 21.7. The van der Waals surface area contributed by atoms with Gasteiger partial charge in [0.1, 0.15) is 39.8 Å². The summed E-state index contributed by atoms with van der Waals surface area (Å²) in [7, 11) is 0. The highest BCUT2D eigenvalue weighted by Gasteiger charge is 2.44. The van der Waals surface area contributed by atoms with Crippen LogP contribution in [0.4, 0.5) is 18.9 Å². The third-order valence-electron chi connectivity index (χ3n) is 11.4. The Morgan fingerprint density at radius 3 is 1.77 bits per heavy atom. The smallest absolute Gasteiger partial charge is 0.416 e. The van der Waals surface area contributed by atoms with Gasteiger partial charge in [-0.25, -0.2) is 19.2 Å². The lowest BCUT2D eigenvalue weighted by molar-refractivity contribution is -0.385. The Bertz CT molecular complexity index is 2850. The van der Waals surface area contributed by atoms with Gasteiger partial charge in [0.15, 0.2) is 6.10 Å². The van der Waals surface area contributed by atoms with E-state index in [1.807, 2.05) is 47.6 Å². The van der Waals surface area contributed by atoms with Gasteiger partial charge >= 0.3 is 30.1 Å². The van der Waals surface area contributed by atoms with Gasteiger partial charge in [0.25, 0.3) is 17.5 Å². The molecule has 71 heavy (non-hydrogen) atoms. The van der Waals surface area contributed by atoms with Crippen molar-refractivity contribution in [3.63, 3.8) is 0 Å². The number of benzene rings is 4. The van der Waals surface area contributed by atoms with Gasteiger partial charge in [-0.3, -0.25) is 29.7 Å². The van der Waals surface area contributed by atoms with E-state index in [1.165, 1.54) is 13.0 Å². The number of nitro groups is 1. The van der Waals surface area contributed by atoms with E-state index in [4.69, 9.17) is 25.8 Å². The quantitative estimate of drug-likeness (QED) is 0.0554. The van der Waals surface area contributed by atoms with Crippen LogP contribution < -0.4 is 15.4 Å². The van der Waals surface area contributed by atoms with Crippen molar-refractivity contribution >= 4 is 64.7 Å². The summed E-state index contributed by atoms with van der Waals surface area (Å²) < 4.78 is 53.2. The van der Waals surface area contributed by atoms with E-state index in [9.17, 15) is 62.3 Å². The van der Waals surface area contributed by atoms with Crippen molar-refractivity contribution in [1.82, 2.24) is 10.6 Å². The van der Waals surface area contributed by atoms with E-state index in [-0.39, 0.29) is 57.9 Å². The second-order valence-corrected chi connectivity index (χ2v) is 17.5. The predicted octanol–water partition coefficient (Wildman–Crippen LogP) is 9.14. The molecule has 0 bridgehead atoms. The molecule has 0 spiro atoms. The van der Waals surface area contributed by atoms with Gasteiger partial charge in [0, 0.05) is 23.3 Å². The molecule has 2 aliphatic rings. The van der Waals surface area contributed by atoms with Crippen molar-refractivity contribution < 1.29 is 71.3 Å². The summed E-state index contributed by atoms with van der Waals surface area (Å²) in [6.07, 6.45) is -5.94. The van der Waals surface area contributed by atoms with Crippen LogP contribution in [-0.4, -0.2) is 86.3 Å². The first-order valence-corrected chi connectivity index (χ1v) is 22.0. The first-order chi connectivity index (χ1) is 32.9. The molecule has 2 heterocycles. The number of aryl methyl sites for hydroxylation is 2. The van der Waals surface area contributed by atoms with Crippen molar-refractivity contribution in [2.24, 2.45) is 21.8 Å². The molecule has 6 rings (SSSR count). The van der Waals surface area contributed by atoms with Crippen LogP contribution in [0, 0.1) is 35.8 Å². The van der Waals surface area contributed by atoms with E-state index >= 15 is 0 Å². The molecule has 0 saturated carbocycles. The van der Waals surface area contributed by atoms with Gasteiger partial charge in [0.05, 0.1) is 33.2 Å². The number of nitrogens with one attached hydrogen (secondary N) is 2. The van der Waals surface area contributed by atoms with Gasteiger partial charge in [-0.15, -0.1) is 0 Å². The molecule has 0 aromatic heterocycles. The summed E-state index contributed by atoms with van der Waals surface area (Å²) in [5.74, 6) is -4.08. The number of esters is 2. The number of rotatable bonds is 13. The summed E-state index contributed by atoms with van der Waals surface area (Å²) in [5.41, 5.74) is -0.914. The molecule has 378 valence electrons. The summed E-state index contributed by atoms with van der Waals surface area (Å²) >= 11 is 5.83. The number of amides is 2. The molecule has 4 N–H and O–H groups in total. The first kappa shape index (κ1) is 55.9. The minimum Gasteiger partial charge on any atom is -0.478 e. The van der Waals surface area contributed by atoms with Crippen LogP contribution in [0.15, 0.2) is 82.8 Å². The van der Waals surface area contributed by atoms with Crippen LogP contribution in [0.2, 0.25) is 5.02 Å². The van der Waals surface area contributed by atoms with Crippen molar-refractivity contribution in [2.45, 2.75) is 92.6 Å². The number of aliphatic imine (C=N–C) groups is 2. The topological polar surface area (TPSA) is 262 Å². The van der Waals surface area contributed by atoms with Gasteiger partial charge in [-0.1, -0.05) is 68.6 Å². The Balaban J connectivity index is 0.000000240. The van der Waals surface area contributed by atoms with E-state index < -0.39 is 69.0 Å². The van der Waals surface area contributed by atoms with Crippen molar-refractivity contribution in [1.29, 1.82) is 0 Å². The van der Waals surface area contributed by atoms with Gasteiger partial charge in [0.2, 0.25) is 0 Å². The third kappa shape index (κ3) is 13.1. The largest absolute Gasteiger partial charge is 0.478 e. The monoisotopic (exact) mass is 1010 g/mol. The average Bonchev–Trinajstić information content (AvgIpc) is 3.78. The molecule has 0 saturated heterocycles. The Kier molecular flexibility index (Phi) is 17.6. The zero-order valence-electron chi connectivity index (χ0n) is 40.1. The van der Waals surface area contributed by atoms with Gasteiger partial charge in [-0.2, -0.15) is 13.2 Å². The molecular weight excluding hydrogens is 959 g/mol. The number of carboxylic acid groups (broad SMARTS) is 2. The Hall–Kier alpha value is -7.68. The minimum atomic E-state index is -4.61. The molecule has 3 unspecified atom stereocenters. The SMILES string of the molecule is CCOC(=O)C(C)OC(=O)c1cc(Oc2ccc(C(F)(F)F)cc2Cl)ccc1[N+](=O)[O-].Cc1ccc(C(=O)O)c(C2=NC(C)(C(C)C)C(=O)N2)c1.Cc1ccc(C2=NC(C)(C(C)C)C(=O)N2)c(C(=O)O)c1. The summed E-state index contributed by atoms with van der Waals surface area (Å²) in [5, 5.41) is 34.8. The normalized spacial score (nSPS) is 17.6. The van der Waals surface area contributed by atoms with Crippen LogP contribution >= 0.6 is 11.6 Å². The number of hydrogen-bond acceptors (Lipinski definition) is 13. The molecule has 2 aliphatic heterocycles.